The minimum Gasteiger partial charge on any atom is -0.550 e. The third-order valence-corrected chi connectivity index (χ3v) is 5.87. The zero-order chi connectivity index (χ0) is 23.5. The molecule has 7 nitrogen and oxygen atoms in total. The maximum absolute atomic E-state index is 12.4. The summed E-state index contributed by atoms with van der Waals surface area (Å²) in [7, 11) is 0. The van der Waals surface area contributed by atoms with Crippen molar-refractivity contribution in [1.82, 2.24) is 4.98 Å². The molecule has 0 spiro atoms. The van der Waals surface area contributed by atoms with Crippen LogP contribution in [-0.4, -0.2) is 22.9 Å². The Bertz CT molecular complexity index is 1240. The first-order chi connectivity index (χ1) is 15.9. The third-order valence-electron chi connectivity index (χ3n) is 5.87. The molecule has 166 valence electrons. The van der Waals surface area contributed by atoms with E-state index in [9.17, 15) is 14.7 Å². The van der Waals surface area contributed by atoms with E-state index in [2.05, 4.69) is 22.4 Å². The number of hydrogen-bond acceptors (Lipinski definition) is 6. The fraction of sp³-hybridized carbons (Fsp3) is 0.231. The Morgan fingerprint density at radius 3 is 2.44 bits per heavy atom. The van der Waals surface area contributed by atoms with E-state index in [-0.39, 0.29) is 43.3 Å². The fourth-order valence-electron chi connectivity index (χ4n) is 4.37. The molecule has 34 heavy (non-hydrogen) atoms. The number of rotatable bonds is 5. The normalized spacial score (nSPS) is 16.6. The van der Waals surface area contributed by atoms with Gasteiger partial charge in [0.05, 0.1) is 11.6 Å². The summed E-state index contributed by atoms with van der Waals surface area (Å²) in [6.45, 7) is 3.59. The number of nitrogens with one attached hydrogen (secondary N) is 1. The van der Waals surface area contributed by atoms with Crippen LogP contribution in [0.2, 0.25) is 0 Å². The number of fused-ring (bicyclic) bond motifs is 1. The van der Waals surface area contributed by atoms with E-state index in [1.807, 2.05) is 36.1 Å². The van der Waals surface area contributed by atoms with Gasteiger partial charge in [-0.1, -0.05) is 30.3 Å². The Kier molecular flexibility index (Phi) is 7.78. The predicted octanol–water partition coefficient (Wildman–Crippen LogP) is 0.215. The van der Waals surface area contributed by atoms with Crippen LogP contribution in [0.5, 0.6) is 0 Å². The summed E-state index contributed by atoms with van der Waals surface area (Å²) in [6, 6.07) is 18.8. The summed E-state index contributed by atoms with van der Waals surface area (Å²) in [5, 5.41) is 23.3. The van der Waals surface area contributed by atoms with Gasteiger partial charge in [-0.05, 0) is 59.9 Å². The van der Waals surface area contributed by atoms with E-state index in [0.717, 1.165) is 22.4 Å². The Morgan fingerprint density at radius 1 is 1.15 bits per heavy atom. The number of anilines is 2. The zero-order valence-electron chi connectivity index (χ0n) is 19.4. The number of carboxylic acid groups (broad SMARTS) is 1. The molecule has 0 saturated carbocycles. The maximum atomic E-state index is 12.4. The molecule has 1 amide bonds. The van der Waals surface area contributed by atoms with E-state index in [1.54, 1.807) is 31.2 Å². The first-order valence-corrected chi connectivity index (χ1v) is 10.7. The summed E-state index contributed by atoms with van der Waals surface area (Å²) in [5.74, 6) is -0.469. The molecule has 0 aliphatic carbocycles. The van der Waals surface area contributed by atoms with Gasteiger partial charge in [0.1, 0.15) is 11.9 Å². The van der Waals surface area contributed by atoms with Gasteiger partial charge in [-0.2, -0.15) is 5.26 Å². The van der Waals surface area contributed by atoms with Crippen molar-refractivity contribution in [2.75, 3.05) is 10.2 Å². The van der Waals surface area contributed by atoms with Gasteiger partial charge in [0.25, 0.3) is 0 Å². The molecule has 4 rings (SSSR count). The second-order valence-electron chi connectivity index (χ2n) is 8.23. The molecule has 2 atom stereocenters. The van der Waals surface area contributed by atoms with Crippen LogP contribution in [0.3, 0.4) is 0 Å². The molecule has 0 bridgehead atoms. The van der Waals surface area contributed by atoms with Gasteiger partial charge in [-0.25, -0.2) is 4.98 Å². The van der Waals surface area contributed by atoms with Crippen molar-refractivity contribution in [3.63, 3.8) is 0 Å². The Labute approximate surface area is 210 Å². The number of aromatic nitrogens is 1. The van der Waals surface area contributed by atoms with Crippen molar-refractivity contribution in [3.05, 3.63) is 77.5 Å². The van der Waals surface area contributed by atoms with Crippen LogP contribution in [0.4, 0.5) is 11.5 Å². The number of hydrogen-bond donors (Lipinski definition) is 1. The van der Waals surface area contributed by atoms with E-state index in [1.165, 1.54) is 6.20 Å². The zero-order valence-corrected chi connectivity index (χ0v) is 19.4. The molecule has 1 aromatic heterocycles. The number of nitriles is 1. The third kappa shape index (κ3) is 5.31. The van der Waals surface area contributed by atoms with Crippen molar-refractivity contribution in [3.8, 4) is 17.2 Å². The van der Waals surface area contributed by atoms with Gasteiger partial charge in [0.15, 0.2) is 0 Å². The van der Waals surface area contributed by atoms with Crippen molar-refractivity contribution >= 4 is 23.4 Å². The molecule has 0 unspecified atom stereocenters. The van der Waals surface area contributed by atoms with Gasteiger partial charge in [-0.3, -0.25) is 4.79 Å². The number of carboxylic acids is 1. The van der Waals surface area contributed by atoms with Gasteiger partial charge in [-0.15, -0.1) is 0 Å². The number of amides is 1. The number of benzene rings is 2. The standard InChI is InChI=1S/C26H24N4O3.Li/c1-16-11-23(29-25-10-5-19(14-27)15-28-25)22-13-21(8-9-24(22)30(16)17(2)31)20-6-3-18(4-7-20)12-26(32)33;/h3-10,13,15-16,23H,11-12H2,1-2H3,(H,28,29)(H,32,33);/q;+1/p-1/t16-,23+;/m0./s1. The molecule has 1 N–H and O–H groups in total. The summed E-state index contributed by atoms with van der Waals surface area (Å²) in [4.78, 5) is 29.4. The molecule has 2 aromatic carbocycles. The van der Waals surface area contributed by atoms with Crippen LogP contribution < -0.4 is 34.2 Å². The molecule has 2 heterocycles. The molecule has 1 aliphatic rings. The molecule has 0 saturated heterocycles. The second-order valence-corrected chi connectivity index (χ2v) is 8.23. The summed E-state index contributed by atoms with van der Waals surface area (Å²) < 4.78 is 0. The number of pyridine rings is 1. The Balaban J connectivity index is 0.00000324. The van der Waals surface area contributed by atoms with Crippen LogP contribution in [0.15, 0.2) is 60.8 Å². The van der Waals surface area contributed by atoms with Crippen LogP contribution in [-0.2, 0) is 16.0 Å². The molecule has 0 radical (unpaired) electrons. The summed E-state index contributed by atoms with van der Waals surface area (Å²) in [5.41, 5.74) is 4.91. The minimum absolute atomic E-state index is 0. The van der Waals surface area contributed by atoms with Crippen molar-refractivity contribution in [1.29, 1.82) is 5.26 Å². The number of carbonyl (C=O) groups excluding carboxylic acids is 2. The van der Waals surface area contributed by atoms with Gasteiger partial charge in [0.2, 0.25) is 5.91 Å². The summed E-state index contributed by atoms with van der Waals surface area (Å²) >= 11 is 0. The fourth-order valence-corrected chi connectivity index (χ4v) is 4.37. The molecule has 3 aromatic rings. The smallest absolute Gasteiger partial charge is 0.550 e. The van der Waals surface area contributed by atoms with E-state index >= 15 is 0 Å². The van der Waals surface area contributed by atoms with Crippen molar-refractivity contribution < 1.29 is 33.6 Å². The van der Waals surface area contributed by atoms with Crippen LogP contribution in [0.1, 0.15) is 43.0 Å². The first-order valence-electron chi connectivity index (χ1n) is 10.7. The van der Waals surface area contributed by atoms with Gasteiger partial charge >= 0.3 is 18.9 Å². The number of carbonyl (C=O) groups is 2. The first kappa shape index (κ1) is 25.0. The largest absolute Gasteiger partial charge is 1.00 e. The second kappa shape index (κ2) is 10.6. The molecule has 8 heteroatoms. The molecule has 1 aliphatic heterocycles. The van der Waals surface area contributed by atoms with Crippen LogP contribution in [0.25, 0.3) is 11.1 Å². The molecular formula is C26H23LiN4O3. The average Bonchev–Trinajstić information content (AvgIpc) is 2.79. The van der Waals surface area contributed by atoms with Gasteiger partial charge < -0.3 is 20.1 Å². The quantitative estimate of drug-likeness (QED) is 0.562. The maximum Gasteiger partial charge on any atom is 1.00 e. The van der Waals surface area contributed by atoms with E-state index in [0.29, 0.717) is 23.4 Å². The molecular weight excluding hydrogens is 423 g/mol. The average molecular weight is 446 g/mol. The van der Waals surface area contributed by atoms with Crippen molar-refractivity contribution in [2.45, 2.75) is 38.8 Å². The van der Waals surface area contributed by atoms with Gasteiger partial charge in [0, 0.05) is 37.2 Å². The SMILES string of the molecule is CC(=O)N1c2ccc(-c3ccc(CC(=O)[O-])cc3)cc2[C@H](Nc2ccc(C#N)cn2)C[C@@H]1C.[Li+]. The number of nitrogens with zero attached hydrogens (tertiary/aromatic N) is 3. The van der Waals surface area contributed by atoms with E-state index in [4.69, 9.17) is 5.26 Å². The monoisotopic (exact) mass is 446 g/mol. The van der Waals surface area contributed by atoms with Crippen LogP contribution in [0, 0.1) is 11.3 Å². The Morgan fingerprint density at radius 2 is 1.85 bits per heavy atom. The topological polar surface area (TPSA) is 109 Å². The number of aliphatic carboxylic acids is 1. The predicted molar refractivity (Wildman–Crippen MR) is 123 cm³/mol. The van der Waals surface area contributed by atoms with E-state index < -0.39 is 5.97 Å². The Hall–Kier alpha value is -3.58. The van der Waals surface area contributed by atoms with Crippen LogP contribution >= 0.6 is 0 Å². The van der Waals surface area contributed by atoms with Crippen molar-refractivity contribution in [2.24, 2.45) is 0 Å². The summed E-state index contributed by atoms with van der Waals surface area (Å²) in [6.07, 6.45) is 2.10. The molecule has 0 fully saturated rings. The minimum atomic E-state index is -1.11.